The zero-order valence-electron chi connectivity index (χ0n) is 19.9. The molecule has 8 nitrogen and oxygen atoms in total. The molecule has 0 radical (unpaired) electrons. The zero-order chi connectivity index (χ0) is 23.3. The summed E-state index contributed by atoms with van der Waals surface area (Å²) in [6, 6.07) is -0.704. The van der Waals surface area contributed by atoms with Crippen molar-refractivity contribution in [2.45, 2.75) is 101 Å². The molecule has 0 aromatic rings. The van der Waals surface area contributed by atoms with Gasteiger partial charge in [0.05, 0.1) is 6.10 Å². The van der Waals surface area contributed by atoms with Crippen LogP contribution in [0.4, 0.5) is 0 Å². The fourth-order valence-electron chi connectivity index (χ4n) is 8.31. The van der Waals surface area contributed by atoms with E-state index in [-0.39, 0.29) is 47.4 Å². The van der Waals surface area contributed by atoms with Crippen LogP contribution in [-0.2, 0) is 33.3 Å². The molecule has 7 aliphatic rings. The van der Waals surface area contributed by atoms with E-state index in [9.17, 15) is 9.59 Å². The van der Waals surface area contributed by atoms with Crippen LogP contribution in [0.15, 0.2) is 11.1 Å². The Hall–Kier alpha value is -1.48. The highest BCUT2D eigenvalue weighted by molar-refractivity contribution is 5.92. The summed E-state index contributed by atoms with van der Waals surface area (Å²) in [5, 5.41) is 0. The first-order chi connectivity index (χ1) is 15.6. The quantitative estimate of drug-likeness (QED) is 0.498. The minimum Gasteiger partial charge on any atom is -0.458 e. The predicted molar refractivity (Wildman–Crippen MR) is 114 cm³/mol. The number of ether oxygens (including phenoxy) is 5. The van der Waals surface area contributed by atoms with Crippen LogP contribution in [0.3, 0.4) is 0 Å². The summed E-state index contributed by atoms with van der Waals surface area (Å²) in [6.45, 7) is 10.7. The van der Waals surface area contributed by atoms with Gasteiger partial charge in [-0.1, -0.05) is 34.6 Å². The average Bonchev–Trinajstić information content (AvgIpc) is 3.66. The molecule has 2 N–H and O–H groups in total. The van der Waals surface area contributed by atoms with Crippen LogP contribution >= 0.6 is 0 Å². The lowest BCUT2D eigenvalue weighted by Crippen LogP contribution is -2.70. The molecule has 2 spiro atoms. The fourth-order valence-corrected chi connectivity index (χ4v) is 8.31. The van der Waals surface area contributed by atoms with Gasteiger partial charge in [0.2, 0.25) is 0 Å². The Morgan fingerprint density at radius 3 is 2.61 bits per heavy atom. The molecule has 3 aliphatic carbocycles. The van der Waals surface area contributed by atoms with Crippen molar-refractivity contribution in [1.82, 2.24) is 0 Å². The molecule has 2 saturated carbocycles. The molecule has 180 valence electrons. The first-order valence-electron chi connectivity index (χ1n) is 12.4. The van der Waals surface area contributed by atoms with Gasteiger partial charge in [-0.3, -0.25) is 4.79 Å². The Morgan fingerprint density at radius 2 is 1.91 bits per heavy atom. The Labute approximate surface area is 193 Å². The Morgan fingerprint density at radius 1 is 1.15 bits per heavy atom. The highest BCUT2D eigenvalue weighted by Crippen LogP contribution is 2.83. The Kier molecular flexibility index (Phi) is 3.69. The van der Waals surface area contributed by atoms with Crippen molar-refractivity contribution in [2.75, 3.05) is 6.61 Å². The second-order valence-electron chi connectivity index (χ2n) is 12.1. The van der Waals surface area contributed by atoms with Crippen LogP contribution < -0.4 is 5.73 Å². The van der Waals surface area contributed by atoms with Gasteiger partial charge in [-0.2, -0.15) is 0 Å². The molecule has 7 rings (SSSR count). The summed E-state index contributed by atoms with van der Waals surface area (Å²) in [6.07, 6.45) is 1.37. The second-order valence-corrected chi connectivity index (χ2v) is 12.1. The largest absolute Gasteiger partial charge is 0.458 e. The van der Waals surface area contributed by atoms with Crippen molar-refractivity contribution >= 4 is 11.9 Å². The van der Waals surface area contributed by atoms with Gasteiger partial charge in [0.1, 0.15) is 36.1 Å². The number of cyclic esters (lactones) is 1. The monoisotopic (exact) mass is 459 g/mol. The molecule has 33 heavy (non-hydrogen) atoms. The second kappa shape index (κ2) is 5.83. The number of carbonyl (C=O) groups excluding carboxylic acids is 2. The maximum atomic E-state index is 13.1. The zero-order valence-corrected chi connectivity index (χ0v) is 19.9. The standard InChI is InChI=1S/C25H33NO7/c1-10(2)16(26)20(28)30-21-23(11(3)4)17(32-23)18-25(33-18)22(5)7-6-12-13(9-29-19(12)27)14(22)8-15-24(21,25)31-15/h10-11,14-18,21H,6-9,26H2,1-5H3. The van der Waals surface area contributed by atoms with Crippen molar-refractivity contribution in [3.05, 3.63) is 11.1 Å². The van der Waals surface area contributed by atoms with E-state index in [0.29, 0.717) is 13.0 Å². The van der Waals surface area contributed by atoms with Gasteiger partial charge in [-0.05, 0) is 42.6 Å². The number of rotatable bonds is 4. The lowest BCUT2D eigenvalue weighted by molar-refractivity contribution is -0.171. The minimum atomic E-state index is -0.728. The number of hydrogen-bond acceptors (Lipinski definition) is 8. The number of epoxide rings is 3. The first-order valence-corrected chi connectivity index (χ1v) is 12.4. The van der Waals surface area contributed by atoms with Gasteiger partial charge in [0, 0.05) is 11.0 Å². The summed E-state index contributed by atoms with van der Waals surface area (Å²) < 4.78 is 31.4. The molecule has 4 aliphatic heterocycles. The van der Waals surface area contributed by atoms with E-state index in [1.807, 2.05) is 13.8 Å². The first kappa shape index (κ1) is 20.9. The van der Waals surface area contributed by atoms with E-state index in [4.69, 9.17) is 29.4 Å². The molecule has 10 atom stereocenters. The van der Waals surface area contributed by atoms with Gasteiger partial charge in [-0.15, -0.1) is 0 Å². The van der Waals surface area contributed by atoms with Crippen LogP contribution in [-0.4, -0.2) is 65.8 Å². The smallest absolute Gasteiger partial charge is 0.334 e. The highest BCUT2D eigenvalue weighted by atomic mass is 16.8. The molecule has 8 heteroatoms. The SMILES string of the molecule is CC(C)C(N)C(=O)OC1C2(C(C)C)OC2C2OC23C2(C)CCC4=C(COC4=O)C2CC2OC213. The van der Waals surface area contributed by atoms with Gasteiger partial charge in [0.15, 0.2) is 11.7 Å². The van der Waals surface area contributed by atoms with Crippen molar-refractivity contribution in [3.63, 3.8) is 0 Å². The third-order valence-electron chi connectivity index (χ3n) is 10.3. The molecule has 0 aromatic carbocycles. The lowest BCUT2D eigenvalue weighted by Gasteiger charge is -2.53. The van der Waals surface area contributed by atoms with Crippen LogP contribution in [0, 0.1) is 23.2 Å². The molecule has 10 unspecified atom stereocenters. The Balaban J connectivity index is 1.32. The van der Waals surface area contributed by atoms with Gasteiger partial charge < -0.3 is 29.4 Å². The van der Waals surface area contributed by atoms with Crippen molar-refractivity contribution < 1.29 is 33.3 Å². The molecule has 0 aromatic heterocycles. The number of hydrogen-bond donors (Lipinski definition) is 1. The lowest BCUT2D eigenvalue weighted by atomic mass is 9.46. The van der Waals surface area contributed by atoms with Crippen LogP contribution in [0.2, 0.25) is 0 Å². The fraction of sp³-hybridized carbons (Fsp3) is 0.840. The van der Waals surface area contributed by atoms with E-state index in [2.05, 4.69) is 20.8 Å². The molecule has 3 saturated heterocycles. The van der Waals surface area contributed by atoms with Crippen LogP contribution in [0.1, 0.15) is 53.9 Å². The molecular formula is C25H33NO7. The normalized spacial score (nSPS) is 53.2. The minimum absolute atomic E-state index is 0.0313. The van der Waals surface area contributed by atoms with Crippen LogP contribution in [0.5, 0.6) is 0 Å². The summed E-state index contributed by atoms with van der Waals surface area (Å²) in [5.74, 6) is -0.329. The van der Waals surface area contributed by atoms with Crippen molar-refractivity contribution in [3.8, 4) is 0 Å². The number of nitrogens with two attached hydrogens (primary N) is 1. The maximum absolute atomic E-state index is 13.1. The molecule has 0 amide bonds. The van der Waals surface area contributed by atoms with Gasteiger partial charge in [-0.25, -0.2) is 4.79 Å². The molecule has 5 fully saturated rings. The van der Waals surface area contributed by atoms with E-state index in [1.54, 1.807) is 0 Å². The average molecular weight is 460 g/mol. The maximum Gasteiger partial charge on any atom is 0.334 e. The molecular weight excluding hydrogens is 426 g/mol. The summed E-state index contributed by atoms with van der Waals surface area (Å²) >= 11 is 0. The molecule has 0 bridgehead atoms. The van der Waals surface area contributed by atoms with Gasteiger partial charge >= 0.3 is 11.9 Å². The molecule has 4 heterocycles. The summed E-state index contributed by atoms with van der Waals surface area (Å²) in [4.78, 5) is 25.4. The third-order valence-corrected chi connectivity index (χ3v) is 10.3. The van der Waals surface area contributed by atoms with Crippen LogP contribution in [0.25, 0.3) is 0 Å². The third kappa shape index (κ3) is 2.03. The summed E-state index contributed by atoms with van der Waals surface area (Å²) in [7, 11) is 0. The van der Waals surface area contributed by atoms with Crippen molar-refractivity contribution in [1.29, 1.82) is 0 Å². The number of esters is 2. The topological polar surface area (TPSA) is 116 Å². The Bertz CT molecular complexity index is 1020. The van der Waals surface area contributed by atoms with Gasteiger partial charge in [0.25, 0.3) is 0 Å². The van der Waals surface area contributed by atoms with E-state index < -0.39 is 34.9 Å². The van der Waals surface area contributed by atoms with E-state index in [0.717, 1.165) is 24.0 Å². The summed E-state index contributed by atoms with van der Waals surface area (Å²) in [5.41, 5.74) is 5.97. The van der Waals surface area contributed by atoms with E-state index >= 15 is 0 Å². The predicted octanol–water partition coefficient (Wildman–Crippen LogP) is 1.64. The highest BCUT2D eigenvalue weighted by Gasteiger charge is 3.01. The number of fused-ring (bicyclic) bond motifs is 4. The van der Waals surface area contributed by atoms with Crippen molar-refractivity contribution in [2.24, 2.45) is 28.9 Å². The number of carbonyl (C=O) groups is 2. The van der Waals surface area contributed by atoms with E-state index in [1.165, 1.54) is 0 Å².